The summed E-state index contributed by atoms with van der Waals surface area (Å²) >= 11 is 0. The average Bonchev–Trinajstić information content (AvgIpc) is 2.70. The van der Waals surface area contributed by atoms with Gasteiger partial charge in [0.15, 0.2) is 0 Å². The molecule has 0 aliphatic carbocycles. The van der Waals surface area contributed by atoms with E-state index in [-0.39, 0.29) is 0 Å². The van der Waals surface area contributed by atoms with Crippen LogP contribution in [0.25, 0.3) is 0 Å². The van der Waals surface area contributed by atoms with Gasteiger partial charge in [-0.2, -0.15) is 0 Å². The van der Waals surface area contributed by atoms with Gasteiger partial charge >= 0.3 is 0 Å². The molecule has 2 aromatic carbocycles. The molecular weight excluding hydrogens is 334 g/mol. The van der Waals surface area contributed by atoms with E-state index >= 15 is 0 Å². The van der Waals surface area contributed by atoms with Gasteiger partial charge in [0.2, 0.25) is 0 Å². The normalized spacial score (nSPS) is 10.6. The third-order valence-electron chi connectivity index (χ3n) is 4.46. The van der Waals surface area contributed by atoms with Crippen LogP contribution in [0.5, 0.6) is 11.5 Å². The smallest absolute Gasteiger partial charge is 0.119 e. The van der Waals surface area contributed by atoms with Crippen molar-refractivity contribution in [3.63, 3.8) is 0 Å². The van der Waals surface area contributed by atoms with E-state index in [0.717, 1.165) is 48.9 Å². The Hall–Kier alpha value is -2.16. The van der Waals surface area contributed by atoms with Crippen LogP contribution in [0, 0.1) is 0 Å². The minimum absolute atomic E-state index is 0.788. The van der Waals surface area contributed by atoms with Gasteiger partial charge in [-0.25, -0.2) is 5.32 Å². The zero-order valence-electron chi connectivity index (χ0n) is 17.0. The molecule has 27 heavy (non-hydrogen) atoms. The molecule has 0 fully saturated rings. The van der Waals surface area contributed by atoms with Gasteiger partial charge in [-0.3, -0.25) is 0 Å². The maximum atomic E-state index is 5.78. The second kappa shape index (κ2) is 13.1. The van der Waals surface area contributed by atoms with Gasteiger partial charge in [0, 0.05) is 0 Å². The number of hydrogen-bond acceptors (Lipinski definition) is 2. The first kappa shape index (κ1) is 21.1. The Morgan fingerprint density at radius 2 is 0.963 bits per heavy atom. The van der Waals surface area contributed by atoms with E-state index < -0.39 is 0 Å². The third kappa shape index (κ3) is 8.85. The fourth-order valence-electron chi connectivity index (χ4n) is 2.82. The predicted octanol–water partition coefficient (Wildman–Crippen LogP) is 7.17. The summed E-state index contributed by atoms with van der Waals surface area (Å²) in [5, 5.41) is 4.65. The van der Waals surface area contributed by atoms with Crippen LogP contribution in [0.15, 0.2) is 48.5 Å². The Bertz CT molecular complexity index is 552. The van der Waals surface area contributed by atoms with Crippen molar-refractivity contribution in [3.05, 3.63) is 48.5 Å². The Kier molecular flexibility index (Phi) is 10.2. The number of rotatable bonds is 14. The molecule has 0 saturated carbocycles. The molecule has 0 aromatic heterocycles. The number of hydrogen-bond donors (Lipinski definition) is 0. The molecule has 0 unspecified atom stereocenters. The molecule has 0 spiro atoms. The molecule has 0 amide bonds. The Balaban J connectivity index is 1.71. The van der Waals surface area contributed by atoms with Crippen molar-refractivity contribution in [2.45, 2.75) is 65.2 Å². The second-order valence-corrected chi connectivity index (χ2v) is 6.92. The highest BCUT2D eigenvalue weighted by Crippen LogP contribution is 2.23. The Labute approximate surface area is 165 Å². The molecule has 3 nitrogen and oxygen atoms in total. The van der Waals surface area contributed by atoms with E-state index in [1.165, 1.54) is 38.5 Å². The van der Waals surface area contributed by atoms with Crippen molar-refractivity contribution < 1.29 is 9.47 Å². The van der Waals surface area contributed by atoms with Crippen LogP contribution in [0.3, 0.4) is 0 Å². The average molecular weight is 369 g/mol. The lowest BCUT2D eigenvalue weighted by molar-refractivity contribution is 0.305. The second-order valence-electron chi connectivity index (χ2n) is 6.92. The molecule has 0 N–H and O–H groups in total. The SMILES string of the molecule is CCCCCCOc1ccc([N]c2ccc(OCCCCCC)cc2)cc1. The minimum Gasteiger partial charge on any atom is -0.494 e. The summed E-state index contributed by atoms with van der Waals surface area (Å²) in [4.78, 5) is 0. The summed E-state index contributed by atoms with van der Waals surface area (Å²) in [6.45, 7) is 6.02. The van der Waals surface area contributed by atoms with Crippen LogP contribution in [0.2, 0.25) is 0 Å². The first-order valence-electron chi connectivity index (χ1n) is 10.5. The van der Waals surface area contributed by atoms with E-state index in [1.54, 1.807) is 0 Å². The standard InChI is InChI=1S/C24H34NO2/c1-3-5-7-9-19-26-23-15-11-21(12-16-23)25-22-13-17-24(18-14-22)27-20-10-8-6-4-2/h11-18H,3-10,19-20H2,1-2H3. The largest absolute Gasteiger partial charge is 0.494 e. The van der Waals surface area contributed by atoms with Crippen LogP contribution >= 0.6 is 0 Å². The zero-order chi connectivity index (χ0) is 19.2. The minimum atomic E-state index is 0.788. The van der Waals surface area contributed by atoms with Gasteiger partial charge in [0.05, 0.1) is 24.6 Å². The molecule has 3 heteroatoms. The summed E-state index contributed by atoms with van der Waals surface area (Å²) < 4.78 is 11.6. The summed E-state index contributed by atoms with van der Waals surface area (Å²) in [6.07, 6.45) is 9.78. The number of benzene rings is 2. The van der Waals surface area contributed by atoms with Crippen molar-refractivity contribution in [3.8, 4) is 11.5 Å². The van der Waals surface area contributed by atoms with Crippen LogP contribution in [-0.4, -0.2) is 13.2 Å². The van der Waals surface area contributed by atoms with Crippen LogP contribution < -0.4 is 14.8 Å². The Morgan fingerprint density at radius 1 is 0.556 bits per heavy atom. The van der Waals surface area contributed by atoms with E-state index in [9.17, 15) is 0 Å². The van der Waals surface area contributed by atoms with Crippen molar-refractivity contribution in [1.82, 2.24) is 5.32 Å². The molecule has 2 aromatic rings. The van der Waals surface area contributed by atoms with Gasteiger partial charge in [0.25, 0.3) is 0 Å². The van der Waals surface area contributed by atoms with E-state index in [4.69, 9.17) is 9.47 Å². The molecule has 0 aliphatic rings. The Morgan fingerprint density at radius 3 is 1.33 bits per heavy atom. The predicted molar refractivity (Wildman–Crippen MR) is 114 cm³/mol. The number of unbranched alkanes of at least 4 members (excludes halogenated alkanes) is 6. The lowest BCUT2D eigenvalue weighted by Crippen LogP contribution is -1.98. The molecule has 2 rings (SSSR count). The van der Waals surface area contributed by atoms with E-state index in [2.05, 4.69) is 19.2 Å². The first-order chi connectivity index (χ1) is 13.3. The summed E-state index contributed by atoms with van der Waals surface area (Å²) in [6, 6.07) is 16.0. The molecule has 0 heterocycles. The number of nitrogens with zero attached hydrogens (tertiary/aromatic N) is 1. The molecule has 0 aliphatic heterocycles. The highest BCUT2D eigenvalue weighted by Gasteiger charge is 2.00. The highest BCUT2D eigenvalue weighted by atomic mass is 16.5. The number of ether oxygens (including phenoxy) is 2. The monoisotopic (exact) mass is 368 g/mol. The topological polar surface area (TPSA) is 32.6 Å². The van der Waals surface area contributed by atoms with Crippen molar-refractivity contribution >= 4 is 11.4 Å². The van der Waals surface area contributed by atoms with Crippen LogP contribution in [-0.2, 0) is 0 Å². The maximum absolute atomic E-state index is 5.78. The van der Waals surface area contributed by atoms with Crippen LogP contribution in [0.1, 0.15) is 65.2 Å². The van der Waals surface area contributed by atoms with Gasteiger partial charge < -0.3 is 9.47 Å². The lowest BCUT2D eigenvalue weighted by atomic mass is 10.2. The van der Waals surface area contributed by atoms with E-state index in [0.29, 0.717) is 0 Å². The molecular formula is C24H34NO2. The van der Waals surface area contributed by atoms with E-state index in [1.807, 2.05) is 48.5 Å². The molecule has 0 saturated heterocycles. The van der Waals surface area contributed by atoms with Crippen molar-refractivity contribution in [2.75, 3.05) is 13.2 Å². The lowest BCUT2D eigenvalue weighted by Gasteiger charge is -2.09. The van der Waals surface area contributed by atoms with Gasteiger partial charge in [-0.15, -0.1) is 0 Å². The maximum Gasteiger partial charge on any atom is 0.119 e. The van der Waals surface area contributed by atoms with Crippen molar-refractivity contribution in [1.29, 1.82) is 0 Å². The fraction of sp³-hybridized carbons (Fsp3) is 0.500. The van der Waals surface area contributed by atoms with Crippen molar-refractivity contribution in [2.24, 2.45) is 0 Å². The summed E-state index contributed by atoms with van der Waals surface area (Å²) in [5.41, 5.74) is 1.86. The molecule has 147 valence electrons. The fourth-order valence-corrected chi connectivity index (χ4v) is 2.82. The van der Waals surface area contributed by atoms with Gasteiger partial charge in [-0.1, -0.05) is 52.4 Å². The molecule has 0 bridgehead atoms. The molecule has 0 atom stereocenters. The van der Waals surface area contributed by atoms with Crippen LogP contribution in [0.4, 0.5) is 11.4 Å². The quantitative estimate of drug-likeness (QED) is 0.331. The zero-order valence-corrected chi connectivity index (χ0v) is 17.0. The van der Waals surface area contributed by atoms with Gasteiger partial charge in [0.1, 0.15) is 11.5 Å². The van der Waals surface area contributed by atoms with Gasteiger partial charge in [-0.05, 0) is 61.4 Å². The highest BCUT2D eigenvalue weighted by molar-refractivity contribution is 5.51. The molecule has 1 radical (unpaired) electrons. The summed E-state index contributed by atoms with van der Waals surface area (Å²) in [5.74, 6) is 1.83. The summed E-state index contributed by atoms with van der Waals surface area (Å²) in [7, 11) is 0. The third-order valence-corrected chi connectivity index (χ3v) is 4.46. The first-order valence-corrected chi connectivity index (χ1v) is 10.5.